The highest BCUT2D eigenvalue weighted by molar-refractivity contribution is 6.30. The molecule has 0 aromatic heterocycles. The molecule has 1 fully saturated rings. The predicted molar refractivity (Wildman–Crippen MR) is 63.6 cm³/mol. The summed E-state index contributed by atoms with van der Waals surface area (Å²) < 4.78 is 0. The van der Waals surface area contributed by atoms with Crippen LogP contribution in [-0.4, -0.2) is 17.6 Å². The fraction of sp³-hybridized carbons (Fsp3) is 0.333. The highest BCUT2D eigenvalue weighted by Crippen LogP contribution is 2.19. The largest absolute Gasteiger partial charge is 0.297 e. The topological polar surface area (TPSA) is 58.9 Å². The predicted octanol–water partition coefficient (Wildman–Crippen LogP) is 3.11. The Morgan fingerprint density at radius 3 is 2.24 bits per heavy atom. The standard InChI is InChI=1S/C12H11ClN2O2/c13-8-4-6-9(7-5-8)14-15-12-10(16)2-1-3-11(12)17/h4-7,12H,1-3H2. The molecule has 0 heterocycles. The minimum Gasteiger partial charge on any atom is -0.297 e. The fourth-order valence-electron chi connectivity index (χ4n) is 1.65. The second-order valence-electron chi connectivity index (χ2n) is 3.88. The van der Waals surface area contributed by atoms with E-state index in [4.69, 9.17) is 11.6 Å². The number of hydrogen-bond acceptors (Lipinski definition) is 4. The number of halogens is 1. The Balaban J connectivity index is 2.11. The first kappa shape index (κ1) is 11.9. The summed E-state index contributed by atoms with van der Waals surface area (Å²) in [6, 6.07) is 5.83. The van der Waals surface area contributed by atoms with Crippen molar-refractivity contribution in [3.63, 3.8) is 0 Å². The molecular formula is C12H11ClN2O2. The Bertz CT molecular complexity index is 452. The molecule has 0 spiro atoms. The summed E-state index contributed by atoms with van der Waals surface area (Å²) in [5.41, 5.74) is 0.584. The van der Waals surface area contributed by atoms with E-state index < -0.39 is 6.04 Å². The Morgan fingerprint density at radius 2 is 1.65 bits per heavy atom. The Hall–Kier alpha value is -1.55. The maximum Gasteiger partial charge on any atom is 0.187 e. The van der Waals surface area contributed by atoms with Crippen LogP contribution in [0.5, 0.6) is 0 Å². The molecule has 0 saturated heterocycles. The third kappa shape index (κ3) is 2.97. The van der Waals surface area contributed by atoms with Crippen LogP contribution in [0.2, 0.25) is 5.02 Å². The molecule has 1 aromatic rings. The molecule has 17 heavy (non-hydrogen) atoms. The van der Waals surface area contributed by atoms with Crippen LogP contribution in [0.15, 0.2) is 34.5 Å². The van der Waals surface area contributed by atoms with E-state index in [1.165, 1.54) is 0 Å². The lowest BCUT2D eigenvalue weighted by molar-refractivity contribution is -0.131. The number of ketones is 2. The van der Waals surface area contributed by atoms with Gasteiger partial charge in [-0.1, -0.05) is 11.6 Å². The lowest BCUT2D eigenvalue weighted by Gasteiger charge is -2.13. The molecule has 4 nitrogen and oxygen atoms in total. The second kappa shape index (κ2) is 5.19. The van der Waals surface area contributed by atoms with Gasteiger partial charge in [0.25, 0.3) is 0 Å². The van der Waals surface area contributed by atoms with Gasteiger partial charge in [-0.3, -0.25) is 9.59 Å². The van der Waals surface area contributed by atoms with Gasteiger partial charge in [-0.2, -0.15) is 10.2 Å². The van der Waals surface area contributed by atoms with Gasteiger partial charge in [0.1, 0.15) is 0 Å². The van der Waals surface area contributed by atoms with Crippen LogP contribution in [0.3, 0.4) is 0 Å². The molecule has 1 saturated carbocycles. The Labute approximate surface area is 104 Å². The van der Waals surface area contributed by atoms with Crippen LogP contribution in [-0.2, 0) is 9.59 Å². The number of nitrogens with zero attached hydrogens (tertiary/aromatic N) is 2. The zero-order valence-electron chi connectivity index (χ0n) is 9.10. The molecule has 0 bridgehead atoms. The average Bonchev–Trinajstić information content (AvgIpc) is 2.31. The summed E-state index contributed by atoms with van der Waals surface area (Å²) >= 11 is 5.73. The van der Waals surface area contributed by atoms with Gasteiger partial charge in [-0.05, 0) is 30.7 Å². The van der Waals surface area contributed by atoms with Crippen molar-refractivity contribution >= 4 is 28.9 Å². The lowest BCUT2D eigenvalue weighted by atomic mass is 9.93. The third-order valence-corrected chi connectivity index (χ3v) is 2.82. The number of carbonyl (C=O) groups excluding carboxylic acids is 2. The summed E-state index contributed by atoms with van der Waals surface area (Å²) in [4.78, 5) is 23.0. The number of carbonyl (C=O) groups is 2. The number of rotatable bonds is 2. The molecule has 0 atom stereocenters. The van der Waals surface area contributed by atoms with Crippen molar-refractivity contribution in [3.05, 3.63) is 29.3 Å². The minimum atomic E-state index is -0.903. The third-order valence-electron chi connectivity index (χ3n) is 2.57. The van der Waals surface area contributed by atoms with E-state index in [2.05, 4.69) is 10.2 Å². The number of azo groups is 1. The molecule has 2 rings (SSSR count). The quantitative estimate of drug-likeness (QED) is 0.598. The van der Waals surface area contributed by atoms with Crippen LogP contribution in [0, 0.1) is 0 Å². The van der Waals surface area contributed by atoms with Gasteiger partial charge >= 0.3 is 0 Å². The van der Waals surface area contributed by atoms with E-state index in [0.29, 0.717) is 30.0 Å². The smallest absolute Gasteiger partial charge is 0.187 e. The molecule has 5 heteroatoms. The molecule has 1 aliphatic rings. The van der Waals surface area contributed by atoms with Gasteiger partial charge < -0.3 is 0 Å². The van der Waals surface area contributed by atoms with Gasteiger partial charge in [-0.15, -0.1) is 0 Å². The van der Waals surface area contributed by atoms with Crippen molar-refractivity contribution in [2.45, 2.75) is 25.3 Å². The van der Waals surface area contributed by atoms with Crippen molar-refractivity contribution in [2.24, 2.45) is 10.2 Å². The van der Waals surface area contributed by atoms with Crippen molar-refractivity contribution < 1.29 is 9.59 Å². The van der Waals surface area contributed by atoms with Gasteiger partial charge in [0.05, 0.1) is 5.69 Å². The molecular weight excluding hydrogens is 240 g/mol. The van der Waals surface area contributed by atoms with Crippen molar-refractivity contribution in [1.82, 2.24) is 0 Å². The Kier molecular flexibility index (Phi) is 3.64. The summed E-state index contributed by atoms with van der Waals surface area (Å²) in [6.45, 7) is 0. The van der Waals surface area contributed by atoms with Crippen LogP contribution in [0.4, 0.5) is 5.69 Å². The van der Waals surface area contributed by atoms with E-state index in [1.54, 1.807) is 24.3 Å². The average molecular weight is 251 g/mol. The van der Waals surface area contributed by atoms with Gasteiger partial charge in [0.2, 0.25) is 0 Å². The first-order valence-electron chi connectivity index (χ1n) is 5.38. The molecule has 1 aromatic carbocycles. The monoisotopic (exact) mass is 250 g/mol. The number of Topliss-reactive ketones (excluding diaryl/α,β-unsaturated/α-hetero) is 2. The van der Waals surface area contributed by atoms with Gasteiger partial charge in [0.15, 0.2) is 17.6 Å². The molecule has 0 aliphatic heterocycles. The molecule has 0 unspecified atom stereocenters. The van der Waals surface area contributed by atoms with Crippen LogP contribution in [0.1, 0.15) is 19.3 Å². The molecule has 88 valence electrons. The first-order chi connectivity index (χ1) is 8.16. The molecule has 0 radical (unpaired) electrons. The SMILES string of the molecule is O=C1CCCC(=O)C1N=Nc1ccc(Cl)cc1. The molecule has 0 amide bonds. The zero-order chi connectivity index (χ0) is 12.3. The summed E-state index contributed by atoms with van der Waals surface area (Å²) in [7, 11) is 0. The molecule has 1 aliphatic carbocycles. The van der Waals surface area contributed by atoms with Crippen molar-refractivity contribution in [2.75, 3.05) is 0 Å². The van der Waals surface area contributed by atoms with Crippen molar-refractivity contribution in [3.8, 4) is 0 Å². The van der Waals surface area contributed by atoms with Gasteiger partial charge in [0, 0.05) is 17.9 Å². The minimum absolute atomic E-state index is 0.140. The normalized spacial score (nSPS) is 17.9. The Morgan fingerprint density at radius 1 is 1.06 bits per heavy atom. The van der Waals surface area contributed by atoms with E-state index in [0.717, 1.165) is 0 Å². The maximum absolute atomic E-state index is 11.5. The highest BCUT2D eigenvalue weighted by atomic mass is 35.5. The highest BCUT2D eigenvalue weighted by Gasteiger charge is 2.29. The van der Waals surface area contributed by atoms with E-state index in [-0.39, 0.29) is 11.6 Å². The number of benzene rings is 1. The summed E-state index contributed by atoms with van der Waals surface area (Å²) in [6.07, 6.45) is 1.46. The van der Waals surface area contributed by atoms with Crippen molar-refractivity contribution in [1.29, 1.82) is 0 Å². The zero-order valence-corrected chi connectivity index (χ0v) is 9.85. The maximum atomic E-state index is 11.5. The molecule has 0 N–H and O–H groups in total. The summed E-state index contributed by atoms with van der Waals surface area (Å²) in [5.74, 6) is -0.280. The fourth-order valence-corrected chi connectivity index (χ4v) is 1.78. The lowest BCUT2D eigenvalue weighted by Crippen LogP contribution is -2.31. The van der Waals surface area contributed by atoms with Crippen LogP contribution < -0.4 is 0 Å². The van der Waals surface area contributed by atoms with Crippen LogP contribution >= 0.6 is 11.6 Å². The number of hydrogen-bond donors (Lipinski definition) is 0. The summed E-state index contributed by atoms with van der Waals surface area (Å²) in [5, 5.41) is 8.33. The van der Waals surface area contributed by atoms with E-state index in [9.17, 15) is 9.59 Å². The van der Waals surface area contributed by atoms with Gasteiger partial charge in [-0.25, -0.2) is 0 Å². The van der Waals surface area contributed by atoms with Crippen LogP contribution in [0.25, 0.3) is 0 Å². The van der Waals surface area contributed by atoms with E-state index in [1.807, 2.05) is 0 Å². The first-order valence-corrected chi connectivity index (χ1v) is 5.76. The second-order valence-corrected chi connectivity index (χ2v) is 4.32. The van der Waals surface area contributed by atoms with E-state index >= 15 is 0 Å².